The second-order valence-electron chi connectivity index (χ2n) is 6.32. The fraction of sp³-hybridized carbons (Fsp3) is 0.263. The molecule has 2 N–H and O–H groups in total. The van der Waals surface area contributed by atoms with Crippen LogP contribution in [0.2, 0.25) is 0 Å². The summed E-state index contributed by atoms with van der Waals surface area (Å²) in [6, 6.07) is 11.7. The molecule has 2 aromatic rings. The van der Waals surface area contributed by atoms with Gasteiger partial charge in [-0.2, -0.15) is 4.72 Å². The van der Waals surface area contributed by atoms with E-state index in [0.717, 1.165) is 6.07 Å². The SMILES string of the molecule is CC(C)[C@H](NS(=O)(=O)c1ccccc1)C(=O)OCC(=O)Nc1cccc(F)c1. The third-order valence-electron chi connectivity index (χ3n) is 3.71. The van der Waals surface area contributed by atoms with Gasteiger partial charge in [0.2, 0.25) is 10.0 Å². The molecule has 0 aliphatic rings. The lowest BCUT2D eigenvalue weighted by atomic mass is 10.1. The van der Waals surface area contributed by atoms with E-state index in [4.69, 9.17) is 4.74 Å². The van der Waals surface area contributed by atoms with Crippen molar-refractivity contribution in [2.45, 2.75) is 24.8 Å². The van der Waals surface area contributed by atoms with Crippen LogP contribution in [0.3, 0.4) is 0 Å². The summed E-state index contributed by atoms with van der Waals surface area (Å²) < 4.78 is 45.2. The Bertz CT molecular complexity index is 932. The maximum absolute atomic E-state index is 13.1. The third kappa shape index (κ3) is 6.14. The van der Waals surface area contributed by atoms with Gasteiger partial charge in [0, 0.05) is 5.69 Å². The number of carbonyl (C=O) groups is 2. The zero-order valence-corrected chi connectivity index (χ0v) is 16.2. The van der Waals surface area contributed by atoms with Gasteiger partial charge in [0.05, 0.1) is 4.90 Å². The number of carbonyl (C=O) groups excluding carboxylic acids is 2. The number of rotatable bonds is 8. The molecule has 0 aliphatic carbocycles. The lowest BCUT2D eigenvalue weighted by Gasteiger charge is -2.20. The molecular weight excluding hydrogens is 387 g/mol. The summed E-state index contributed by atoms with van der Waals surface area (Å²) in [5.41, 5.74) is 0.214. The Hall–Kier alpha value is -2.78. The molecule has 0 saturated carbocycles. The molecule has 9 heteroatoms. The van der Waals surface area contributed by atoms with Crippen molar-refractivity contribution in [3.05, 3.63) is 60.4 Å². The fourth-order valence-electron chi connectivity index (χ4n) is 2.28. The molecular formula is C19H21FN2O5S. The van der Waals surface area contributed by atoms with Gasteiger partial charge in [-0.1, -0.05) is 38.1 Å². The Kier molecular flexibility index (Phi) is 7.24. The van der Waals surface area contributed by atoms with Gasteiger partial charge in [-0.15, -0.1) is 0 Å². The smallest absolute Gasteiger partial charge is 0.324 e. The molecule has 0 spiro atoms. The Morgan fingerprint density at radius 3 is 2.36 bits per heavy atom. The van der Waals surface area contributed by atoms with E-state index < -0.39 is 46.3 Å². The van der Waals surface area contributed by atoms with E-state index in [2.05, 4.69) is 10.0 Å². The van der Waals surface area contributed by atoms with Crippen LogP contribution in [0.4, 0.5) is 10.1 Å². The second kappa shape index (κ2) is 9.43. The molecule has 2 rings (SSSR count). The van der Waals surface area contributed by atoms with E-state index in [9.17, 15) is 22.4 Å². The number of sulfonamides is 1. The molecule has 0 unspecified atom stereocenters. The molecule has 28 heavy (non-hydrogen) atoms. The van der Waals surface area contributed by atoms with Crippen molar-refractivity contribution >= 4 is 27.6 Å². The molecule has 7 nitrogen and oxygen atoms in total. The van der Waals surface area contributed by atoms with Crippen LogP contribution in [0.5, 0.6) is 0 Å². The molecule has 0 fully saturated rings. The third-order valence-corrected chi connectivity index (χ3v) is 5.17. The summed E-state index contributed by atoms with van der Waals surface area (Å²) in [6.45, 7) is 2.66. The molecule has 0 saturated heterocycles. The minimum atomic E-state index is -3.93. The molecule has 0 aliphatic heterocycles. The Balaban J connectivity index is 1.98. The standard InChI is InChI=1S/C19H21FN2O5S/c1-13(2)18(22-28(25,26)16-9-4-3-5-10-16)19(24)27-12-17(23)21-15-8-6-7-14(20)11-15/h3-11,13,18,22H,12H2,1-2H3,(H,21,23)/t18-/m0/s1. The highest BCUT2D eigenvalue weighted by Gasteiger charge is 2.30. The van der Waals surface area contributed by atoms with E-state index in [1.807, 2.05) is 0 Å². The molecule has 0 heterocycles. The monoisotopic (exact) mass is 408 g/mol. The van der Waals surface area contributed by atoms with Crippen LogP contribution in [0.1, 0.15) is 13.8 Å². The Morgan fingerprint density at radius 1 is 1.07 bits per heavy atom. The minimum absolute atomic E-state index is 0.0114. The van der Waals surface area contributed by atoms with Gasteiger partial charge < -0.3 is 10.1 Å². The van der Waals surface area contributed by atoms with Crippen molar-refractivity contribution in [2.24, 2.45) is 5.92 Å². The molecule has 0 aromatic heterocycles. The maximum Gasteiger partial charge on any atom is 0.324 e. The lowest BCUT2D eigenvalue weighted by molar-refractivity contribution is -0.150. The first-order chi connectivity index (χ1) is 13.2. The average molecular weight is 408 g/mol. The van der Waals surface area contributed by atoms with Gasteiger partial charge in [-0.25, -0.2) is 12.8 Å². The maximum atomic E-state index is 13.1. The van der Waals surface area contributed by atoms with Crippen molar-refractivity contribution in [1.29, 1.82) is 0 Å². The molecule has 2 aromatic carbocycles. The van der Waals surface area contributed by atoms with Crippen LogP contribution in [-0.2, 0) is 24.3 Å². The van der Waals surface area contributed by atoms with Gasteiger partial charge in [0.25, 0.3) is 5.91 Å². The second-order valence-corrected chi connectivity index (χ2v) is 8.04. The van der Waals surface area contributed by atoms with Crippen LogP contribution < -0.4 is 10.0 Å². The molecule has 150 valence electrons. The quantitative estimate of drug-likeness (QED) is 0.653. The zero-order chi connectivity index (χ0) is 20.7. The van der Waals surface area contributed by atoms with Crippen LogP contribution in [-0.4, -0.2) is 32.9 Å². The van der Waals surface area contributed by atoms with E-state index in [1.54, 1.807) is 32.0 Å². The number of amides is 1. The predicted octanol–water partition coefficient (Wildman–Crippen LogP) is 2.31. The number of hydrogen-bond donors (Lipinski definition) is 2. The fourth-order valence-corrected chi connectivity index (χ4v) is 3.64. The Labute approximate surface area is 163 Å². The van der Waals surface area contributed by atoms with E-state index >= 15 is 0 Å². The lowest BCUT2D eigenvalue weighted by Crippen LogP contribution is -2.45. The number of hydrogen-bond acceptors (Lipinski definition) is 5. The van der Waals surface area contributed by atoms with Crippen molar-refractivity contribution in [1.82, 2.24) is 4.72 Å². The van der Waals surface area contributed by atoms with E-state index in [1.165, 1.54) is 30.3 Å². The van der Waals surface area contributed by atoms with E-state index in [0.29, 0.717) is 0 Å². The number of esters is 1. The van der Waals surface area contributed by atoms with Crippen molar-refractivity contribution in [3.63, 3.8) is 0 Å². The van der Waals surface area contributed by atoms with Gasteiger partial charge in [0.1, 0.15) is 11.9 Å². The zero-order valence-electron chi connectivity index (χ0n) is 15.4. The van der Waals surface area contributed by atoms with Crippen LogP contribution in [0, 0.1) is 11.7 Å². The highest BCUT2D eigenvalue weighted by Crippen LogP contribution is 2.13. The summed E-state index contributed by atoms with van der Waals surface area (Å²) in [7, 11) is -3.93. The summed E-state index contributed by atoms with van der Waals surface area (Å²) in [5, 5.41) is 2.39. The van der Waals surface area contributed by atoms with Crippen LogP contribution in [0.25, 0.3) is 0 Å². The largest absolute Gasteiger partial charge is 0.454 e. The minimum Gasteiger partial charge on any atom is -0.454 e. The summed E-state index contributed by atoms with van der Waals surface area (Å²) in [4.78, 5) is 24.2. The number of anilines is 1. The van der Waals surface area contributed by atoms with Crippen molar-refractivity contribution in [2.75, 3.05) is 11.9 Å². The number of ether oxygens (including phenoxy) is 1. The molecule has 0 bridgehead atoms. The first-order valence-corrected chi connectivity index (χ1v) is 9.97. The van der Waals surface area contributed by atoms with Crippen molar-refractivity contribution < 1.29 is 27.1 Å². The average Bonchev–Trinajstić information content (AvgIpc) is 2.65. The predicted molar refractivity (Wildman–Crippen MR) is 101 cm³/mol. The van der Waals surface area contributed by atoms with Gasteiger partial charge in [-0.3, -0.25) is 9.59 Å². The highest BCUT2D eigenvalue weighted by atomic mass is 32.2. The van der Waals surface area contributed by atoms with Gasteiger partial charge >= 0.3 is 5.97 Å². The van der Waals surface area contributed by atoms with Gasteiger partial charge in [-0.05, 0) is 36.2 Å². The van der Waals surface area contributed by atoms with Gasteiger partial charge in [0.15, 0.2) is 6.61 Å². The van der Waals surface area contributed by atoms with Crippen molar-refractivity contribution in [3.8, 4) is 0 Å². The summed E-state index contributed by atoms with van der Waals surface area (Å²) in [5.74, 6) is -2.50. The first-order valence-electron chi connectivity index (χ1n) is 8.48. The number of nitrogens with one attached hydrogen (secondary N) is 2. The topological polar surface area (TPSA) is 102 Å². The van der Waals surface area contributed by atoms with E-state index in [-0.39, 0.29) is 10.6 Å². The molecule has 1 atom stereocenters. The molecule has 1 amide bonds. The van der Waals surface area contributed by atoms with Crippen LogP contribution in [0.15, 0.2) is 59.5 Å². The molecule has 0 radical (unpaired) electrons. The highest BCUT2D eigenvalue weighted by molar-refractivity contribution is 7.89. The first kappa shape index (κ1) is 21.5. The normalized spacial score (nSPS) is 12.4. The van der Waals surface area contributed by atoms with Crippen LogP contribution >= 0.6 is 0 Å². The number of halogens is 1. The Morgan fingerprint density at radius 2 is 1.75 bits per heavy atom. The summed E-state index contributed by atoms with van der Waals surface area (Å²) >= 11 is 0. The summed E-state index contributed by atoms with van der Waals surface area (Å²) in [6.07, 6.45) is 0. The number of benzene rings is 2.